The van der Waals surface area contributed by atoms with Crippen LogP contribution in [0.25, 0.3) is 0 Å². The van der Waals surface area contributed by atoms with Gasteiger partial charge in [-0.05, 0) is 52.6 Å². The van der Waals surface area contributed by atoms with Crippen LogP contribution in [0.15, 0.2) is 97.1 Å². The van der Waals surface area contributed by atoms with Crippen molar-refractivity contribution in [2.24, 2.45) is 11.8 Å². The Morgan fingerprint density at radius 3 is 1.74 bits per heavy atom. The number of hydrogen-bond acceptors (Lipinski definition) is 5. The van der Waals surface area contributed by atoms with Crippen molar-refractivity contribution in [3.05, 3.63) is 125 Å². The van der Waals surface area contributed by atoms with E-state index < -0.39 is 17.8 Å². The molecule has 0 aromatic heterocycles. The van der Waals surface area contributed by atoms with Crippen LogP contribution >= 0.6 is 0 Å². The number of methoxy groups -OCH3 is 1. The highest BCUT2D eigenvalue weighted by atomic mass is 16.5. The first kappa shape index (κ1) is 22.5. The highest BCUT2D eigenvalue weighted by Crippen LogP contribution is 2.61. The van der Waals surface area contributed by atoms with Gasteiger partial charge in [0, 0.05) is 17.9 Å². The molecule has 1 heterocycles. The minimum absolute atomic E-state index is 0.173. The molecule has 1 saturated heterocycles. The van der Waals surface area contributed by atoms with Crippen LogP contribution in [0.1, 0.15) is 44.4 Å². The van der Waals surface area contributed by atoms with Gasteiger partial charge in [-0.1, -0.05) is 60.7 Å². The Balaban J connectivity index is 1.24. The lowest BCUT2D eigenvalue weighted by Crippen LogP contribution is -2.41. The number of amides is 2. The van der Waals surface area contributed by atoms with Crippen LogP contribution < -0.4 is 14.4 Å². The molecule has 1 aliphatic heterocycles. The molecule has 0 N–H and O–H groups in total. The maximum atomic E-state index is 14.0. The third kappa shape index (κ3) is 3.16. The summed E-state index contributed by atoms with van der Waals surface area (Å²) in [5.41, 5.74) is 5.24. The van der Waals surface area contributed by atoms with Crippen LogP contribution in [0.5, 0.6) is 11.5 Å². The standard InChI is InChI=1S/C32H23NO5/c1-37-20-10-6-8-18(16-20)32(36)38-21-11-7-9-19(17-21)33-30(34)28-26-22-12-2-3-13-23(22)27(29(28)31(33)35)25-15-5-4-14-24(25)26/h2-17,26-29H,1H3/t26?,27?,28-,29+. The van der Waals surface area contributed by atoms with Crippen molar-refractivity contribution >= 4 is 23.5 Å². The lowest BCUT2D eigenvalue weighted by atomic mass is 9.55. The van der Waals surface area contributed by atoms with E-state index in [-0.39, 0.29) is 29.4 Å². The summed E-state index contributed by atoms with van der Waals surface area (Å²) in [6.45, 7) is 0. The van der Waals surface area contributed by atoms with Crippen LogP contribution in [0.2, 0.25) is 0 Å². The molecule has 1 fully saturated rings. The number of esters is 1. The van der Waals surface area contributed by atoms with Gasteiger partial charge in [0.1, 0.15) is 11.5 Å². The second-order valence-electron chi connectivity index (χ2n) is 9.90. The molecule has 8 rings (SSSR count). The Kier molecular flexibility index (Phi) is 4.98. The van der Waals surface area contributed by atoms with Crippen molar-refractivity contribution in [3.63, 3.8) is 0 Å². The van der Waals surface area contributed by atoms with E-state index in [9.17, 15) is 14.4 Å². The molecule has 4 aromatic carbocycles. The van der Waals surface area contributed by atoms with E-state index >= 15 is 0 Å². The Morgan fingerprint density at radius 2 is 1.18 bits per heavy atom. The average Bonchev–Trinajstić information content (AvgIpc) is 3.23. The average molecular weight is 502 g/mol. The molecule has 6 heteroatoms. The molecule has 0 spiro atoms. The summed E-state index contributed by atoms with van der Waals surface area (Å²) >= 11 is 0. The first-order valence-corrected chi connectivity index (χ1v) is 12.6. The van der Waals surface area contributed by atoms with E-state index in [2.05, 4.69) is 24.3 Å². The number of rotatable bonds is 4. The van der Waals surface area contributed by atoms with Crippen molar-refractivity contribution in [1.29, 1.82) is 0 Å². The van der Waals surface area contributed by atoms with Crippen LogP contribution in [0.3, 0.4) is 0 Å². The number of carbonyl (C=O) groups excluding carboxylic acids is 3. The smallest absolute Gasteiger partial charge is 0.343 e. The summed E-state index contributed by atoms with van der Waals surface area (Å²) in [5.74, 6) is -1.48. The van der Waals surface area contributed by atoms with Gasteiger partial charge < -0.3 is 9.47 Å². The lowest BCUT2D eigenvalue weighted by Gasteiger charge is -2.45. The van der Waals surface area contributed by atoms with E-state index in [1.165, 1.54) is 12.0 Å². The third-order valence-electron chi connectivity index (χ3n) is 8.04. The second kappa shape index (κ2) is 8.42. The maximum absolute atomic E-state index is 14.0. The van der Waals surface area contributed by atoms with Crippen molar-refractivity contribution in [3.8, 4) is 11.5 Å². The van der Waals surface area contributed by atoms with Gasteiger partial charge in [-0.2, -0.15) is 0 Å². The van der Waals surface area contributed by atoms with Crippen molar-refractivity contribution in [2.75, 3.05) is 12.0 Å². The van der Waals surface area contributed by atoms with E-state index in [4.69, 9.17) is 9.47 Å². The number of carbonyl (C=O) groups is 3. The predicted molar refractivity (Wildman–Crippen MR) is 140 cm³/mol. The molecule has 2 amide bonds. The van der Waals surface area contributed by atoms with Gasteiger partial charge in [0.05, 0.1) is 30.2 Å². The zero-order valence-corrected chi connectivity index (χ0v) is 20.5. The predicted octanol–water partition coefficient (Wildman–Crippen LogP) is 5.31. The summed E-state index contributed by atoms with van der Waals surface area (Å²) in [6.07, 6.45) is 0. The lowest BCUT2D eigenvalue weighted by molar-refractivity contribution is -0.122. The number of nitrogens with zero attached hydrogens (tertiary/aromatic N) is 1. The van der Waals surface area contributed by atoms with E-state index in [1.807, 2.05) is 24.3 Å². The molecule has 186 valence electrons. The Bertz CT molecular complexity index is 1530. The van der Waals surface area contributed by atoms with Crippen LogP contribution in [0, 0.1) is 11.8 Å². The first-order chi connectivity index (χ1) is 18.6. The zero-order chi connectivity index (χ0) is 26.0. The quantitative estimate of drug-likeness (QED) is 0.215. The van der Waals surface area contributed by atoms with Gasteiger partial charge in [-0.15, -0.1) is 0 Å². The van der Waals surface area contributed by atoms with Crippen LogP contribution in [-0.2, 0) is 9.59 Å². The SMILES string of the molecule is COc1cccc(C(=O)Oc2cccc(N3C(=O)[C@@H]4C5c6ccccc6C(c6ccccc65)[C@@H]4C3=O)c2)c1. The molecular formula is C32H23NO5. The highest BCUT2D eigenvalue weighted by Gasteiger charge is 2.61. The first-order valence-electron chi connectivity index (χ1n) is 12.6. The van der Waals surface area contributed by atoms with Gasteiger partial charge in [0.25, 0.3) is 0 Å². The molecule has 2 atom stereocenters. The number of ether oxygens (including phenoxy) is 2. The minimum Gasteiger partial charge on any atom is -0.497 e. The molecule has 4 aromatic rings. The molecule has 6 nitrogen and oxygen atoms in total. The molecule has 4 aliphatic rings. The molecule has 2 bridgehead atoms. The van der Waals surface area contributed by atoms with Gasteiger partial charge in [-0.25, -0.2) is 9.69 Å². The molecule has 0 unspecified atom stereocenters. The third-order valence-corrected chi connectivity index (χ3v) is 8.04. The summed E-state index contributed by atoms with van der Waals surface area (Å²) in [5, 5.41) is 0. The van der Waals surface area contributed by atoms with Crippen molar-refractivity contribution in [2.45, 2.75) is 11.8 Å². The zero-order valence-electron chi connectivity index (χ0n) is 20.5. The Morgan fingerprint density at radius 1 is 0.658 bits per heavy atom. The van der Waals surface area contributed by atoms with Gasteiger partial charge >= 0.3 is 5.97 Å². The van der Waals surface area contributed by atoms with Crippen LogP contribution in [-0.4, -0.2) is 24.9 Å². The number of imide groups is 1. The molecular weight excluding hydrogens is 478 g/mol. The second-order valence-corrected chi connectivity index (χ2v) is 9.90. The fourth-order valence-electron chi connectivity index (χ4n) is 6.53. The fourth-order valence-corrected chi connectivity index (χ4v) is 6.53. The topological polar surface area (TPSA) is 72.9 Å². The maximum Gasteiger partial charge on any atom is 0.343 e. The molecule has 0 radical (unpaired) electrons. The summed E-state index contributed by atoms with van der Waals surface area (Å²) in [7, 11) is 1.53. The largest absolute Gasteiger partial charge is 0.497 e. The molecule has 0 saturated carbocycles. The number of hydrogen-bond donors (Lipinski definition) is 0. The van der Waals surface area contributed by atoms with Crippen LogP contribution in [0.4, 0.5) is 5.69 Å². The number of anilines is 1. The molecule has 38 heavy (non-hydrogen) atoms. The number of benzene rings is 4. The van der Waals surface area contributed by atoms with Crippen molar-refractivity contribution < 1.29 is 23.9 Å². The van der Waals surface area contributed by atoms with Gasteiger partial charge in [0.2, 0.25) is 11.8 Å². The van der Waals surface area contributed by atoms with Crippen molar-refractivity contribution in [1.82, 2.24) is 0 Å². The Hall–Kier alpha value is -4.71. The van der Waals surface area contributed by atoms with E-state index in [0.717, 1.165) is 22.3 Å². The Labute approximate surface area is 219 Å². The van der Waals surface area contributed by atoms with E-state index in [0.29, 0.717) is 17.0 Å². The van der Waals surface area contributed by atoms with E-state index in [1.54, 1.807) is 48.5 Å². The molecule has 3 aliphatic carbocycles. The monoisotopic (exact) mass is 501 g/mol. The summed E-state index contributed by atoms with van der Waals surface area (Å²) in [6, 6.07) is 29.6. The summed E-state index contributed by atoms with van der Waals surface area (Å²) < 4.78 is 10.8. The summed E-state index contributed by atoms with van der Waals surface area (Å²) in [4.78, 5) is 42.0. The highest BCUT2D eigenvalue weighted by molar-refractivity contribution is 6.23. The fraction of sp³-hybridized carbons (Fsp3) is 0.156. The van der Waals surface area contributed by atoms with Gasteiger partial charge in [-0.3, -0.25) is 9.59 Å². The normalized spacial score (nSPS) is 22.5. The van der Waals surface area contributed by atoms with Gasteiger partial charge in [0.15, 0.2) is 0 Å². The minimum atomic E-state index is -0.558.